The second kappa shape index (κ2) is 7.61. The van der Waals surface area contributed by atoms with E-state index in [0.29, 0.717) is 11.3 Å². The lowest BCUT2D eigenvalue weighted by atomic mass is 9.97. The van der Waals surface area contributed by atoms with Crippen LogP contribution in [0.2, 0.25) is 0 Å². The van der Waals surface area contributed by atoms with Crippen LogP contribution in [-0.4, -0.2) is 54.0 Å². The lowest BCUT2D eigenvalue weighted by Crippen LogP contribution is -2.67. The minimum Gasteiger partial charge on any atom is -0.452 e. The maximum atomic E-state index is 13.0. The van der Waals surface area contributed by atoms with Crippen molar-refractivity contribution in [2.75, 3.05) is 18.6 Å². The van der Waals surface area contributed by atoms with Gasteiger partial charge in [-0.05, 0) is 25.5 Å². The van der Waals surface area contributed by atoms with Gasteiger partial charge in [-0.3, -0.25) is 19.3 Å². The van der Waals surface area contributed by atoms with Crippen LogP contribution in [0.1, 0.15) is 49.9 Å². The molecule has 0 bridgehead atoms. The second-order valence-electron chi connectivity index (χ2n) is 7.26. The summed E-state index contributed by atoms with van der Waals surface area (Å²) in [5, 5.41) is 2.76. The number of nitrogens with one attached hydrogen (secondary N) is 1. The molecule has 0 aromatic heterocycles. The van der Waals surface area contributed by atoms with Crippen molar-refractivity contribution in [2.24, 2.45) is 0 Å². The van der Waals surface area contributed by atoms with Crippen LogP contribution in [-0.2, 0) is 19.1 Å². The van der Waals surface area contributed by atoms with E-state index < -0.39 is 24.1 Å². The Morgan fingerprint density at radius 1 is 1.29 bits per heavy atom. The van der Waals surface area contributed by atoms with Crippen molar-refractivity contribution >= 4 is 29.4 Å². The van der Waals surface area contributed by atoms with Crippen LogP contribution < -0.4 is 10.2 Å². The molecule has 1 N–H and O–H groups in total. The van der Waals surface area contributed by atoms with Crippen LogP contribution in [0.15, 0.2) is 24.3 Å². The topological polar surface area (TPSA) is 96.0 Å². The SMILES string of the molecule is CCC[C@@H](C)NC(=O)COC(=O)[C@@]12CCC(=O)N1c1ccccc1C(=O)N2C. The van der Waals surface area contributed by atoms with Crippen molar-refractivity contribution < 1.29 is 23.9 Å². The summed E-state index contributed by atoms with van der Waals surface area (Å²) in [5.41, 5.74) is -0.807. The van der Waals surface area contributed by atoms with Gasteiger partial charge >= 0.3 is 5.97 Å². The number of carbonyl (C=O) groups is 4. The zero-order chi connectivity index (χ0) is 20.5. The Kier molecular flexibility index (Phi) is 5.40. The summed E-state index contributed by atoms with van der Waals surface area (Å²) in [6.45, 7) is 3.44. The van der Waals surface area contributed by atoms with E-state index in [2.05, 4.69) is 5.32 Å². The quantitative estimate of drug-likeness (QED) is 0.745. The van der Waals surface area contributed by atoms with Gasteiger partial charge in [0.1, 0.15) is 0 Å². The minimum atomic E-state index is -1.56. The van der Waals surface area contributed by atoms with E-state index in [9.17, 15) is 19.2 Å². The molecule has 1 saturated heterocycles. The first-order valence-corrected chi connectivity index (χ1v) is 9.49. The fourth-order valence-electron chi connectivity index (χ4n) is 3.96. The van der Waals surface area contributed by atoms with Gasteiger partial charge in [0.05, 0.1) is 11.3 Å². The molecule has 2 aliphatic heterocycles. The molecule has 0 saturated carbocycles. The molecule has 0 aliphatic carbocycles. The Bertz CT molecular complexity index is 824. The summed E-state index contributed by atoms with van der Waals surface area (Å²) in [6, 6.07) is 6.66. The molecule has 2 aliphatic rings. The van der Waals surface area contributed by atoms with E-state index in [0.717, 1.165) is 12.8 Å². The molecule has 150 valence electrons. The number of likely N-dealkylation sites (N-methyl/N-ethyl adjacent to an activating group) is 1. The first-order chi connectivity index (χ1) is 13.3. The van der Waals surface area contributed by atoms with Crippen molar-refractivity contribution in [3.8, 4) is 0 Å². The Balaban J connectivity index is 1.83. The van der Waals surface area contributed by atoms with Gasteiger partial charge in [0.25, 0.3) is 11.8 Å². The Labute approximate surface area is 163 Å². The van der Waals surface area contributed by atoms with Gasteiger partial charge < -0.3 is 15.0 Å². The van der Waals surface area contributed by atoms with Crippen LogP contribution in [0.3, 0.4) is 0 Å². The fourth-order valence-corrected chi connectivity index (χ4v) is 3.96. The number of benzene rings is 1. The minimum absolute atomic E-state index is 0.0234. The van der Waals surface area contributed by atoms with Gasteiger partial charge in [-0.2, -0.15) is 0 Å². The summed E-state index contributed by atoms with van der Waals surface area (Å²) < 4.78 is 5.27. The number of carbonyl (C=O) groups excluding carboxylic acids is 4. The molecule has 0 unspecified atom stereocenters. The number of anilines is 1. The normalized spacial score (nSPS) is 21.8. The third-order valence-electron chi connectivity index (χ3n) is 5.33. The van der Waals surface area contributed by atoms with E-state index in [4.69, 9.17) is 4.74 Å². The zero-order valence-corrected chi connectivity index (χ0v) is 16.4. The molecule has 28 heavy (non-hydrogen) atoms. The monoisotopic (exact) mass is 387 g/mol. The molecule has 8 nitrogen and oxygen atoms in total. The van der Waals surface area contributed by atoms with Gasteiger partial charge in [-0.15, -0.1) is 0 Å². The second-order valence-corrected chi connectivity index (χ2v) is 7.26. The molecule has 2 heterocycles. The van der Waals surface area contributed by atoms with Crippen molar-refractivity contribution in [1.29, 1.82) is 0 Å². The third kappa shape index (κ3) is 3.12. The fraction of sp³-hybridized carbons (Fsp3) is 0.500. The predicted molar refractivity (Wildman–Crippen MR) is 101 cm³/mol. The number of hydrogen-bond acceptors (Lipinski definition) is 5. The molecular weight excluding hydrogens is 362 g/mol. The predicted octanol–water partition coefficient (Wildman–Crippen LogP) is 1.44. The molecule has 3 amide bonds. The average molecular weight is 387 g/mol. The van der Waals surface area contributed by atoms with Gasteiger partial charge in [-0.1, -0.05) is 25.5 Å². The van der Waals surface area contributed by atoms with Gasteiger partial charge in [0.2, 0.25) is 11.6 Å². The molecule has 3 rings (SSSR count). The Morgan fingerprint density at radius 3 is 2.71 bits per heavy atom. The summed E-state index contributed by atoms with van der Waals surface area (Å²) in [4.78, 5) is 53.1. The number of rotatable bonds is 6. The maximum absolute atomic E-state index is 13.0. The summed E-state index contributed by atoms with van der Waals surface area (Å²) in [7, 11) is 1.48. The number of ether oxygens (including phenoxy) is 1. The number of para-hydroxylation sites is 1. The molecule has 1 aromatic rings. The average Bonchev–Trinajstić information content (AvgIpc) is 3.03. The third-order valence-corrected chi connectivity index (χ3v) is 5.33. The Morgan fingerprint density at radius 2 is 2.00 bits per heavy atom. The molecule has 0 spiro atoms. The van der Waals surface area contributed by atoms with Crippen LogP contribution in [0.4, 0.5) is 5.69 Å². The Hall–Kier alpha value is -2.90. The standard InChI is InChI=1S/C20H25N3O5/c1-4-7-13(2)21-16(24)12-28-19(27)20-11-10-17(25)23(20)15-9-6-5-8-14(15)18(26)22(20)3/h5-6,8-9,13H,4,7,10-12H2,1-3H3,(H,21,24)/t13-,20-/m1/s1. The maximum Gasteiger partial charge on any atom is 0.354 e. The van der Waals surface area contributed by atoms with Crippen molar-refractivity contribution in [3.63, 3.8) is 0 Å². The number of esters is 1. The van der Waals surface area contributed by atoms with E-state index in [1.165, 1.54) is 16.8 Å². The lowest BCUT2D eigenvalue weighted by molar-refractivity contribution is -0.159. The van der Waals surface area contributed by atoms with E-state index in [1.54, 1.807) is 24.3 Å². The molecular formula is C20H25N3O5. The van der Waals surface area contributed by atoms with Gasteiger partial charge in [-0.25, -0.2) is 4.79 Å². The first-order valence-electron chi connectivity index (χ1n) is 9.49. The number of amides is 3. The molecule has 0 radical (unpaired) electrons. The highest BCUT2D eigenvalue weighted by atomic mass is 16.5. The van der Waals surface area contributed by atoms with Crippen molar-refractivity contribution in [2.45, 2.75) is 51.2 Å². The lowest BCUT2D eigenvalue weighted by Gasteiger charge is -2.46. The van der Waals surface area contributed by atoms with Crippen LogP contribution >= 0.6 is 0 Å². The van der Waals surface area contributed by atoms with Gasteiger partial charge in [0, 0.05) is 25.9 Å². The summed E-state index contributed by atoms with van der Waals surface area (Å²) >= 11 is 0. The smallest absolute Gasteiger partial charge is 0.354 e. The van der Waals surface area contributed by atoms with Crippen molar-refractivity contribution in [1.82, 2.24) is 10.2 Å². The highest BCUT2D eigenvalue weighted by molar-refractivity contribution is 6.15. The molecule has 8 heteroatoms. The van der Waals surface area contributed by atoms with E-state index >= 15 is 0 Å². The zero-order valence-electron chi connectivity index (χ0n) is 16.4. The first kappa shape index (κ1) is 19.9. The molecule has 2 atom stereocenters. The number of nitrogens with zero attached hydrogens (tertiary/aromatic N) is 2. The molecule has 1 aromatic carbocycles. The van der Waals surface area contributed by atoms with Crippen molar-refractivity contribution in [3.05, 3.63) is 29.8 Å². The van der Waals surface area contributed by atoms with Gasteiger partial charge in [0.15, 0.2) is 6.61 Å². The largest absolute Gasteiger partial charge is 0.452 e. The summed E-state index contributed by atoms with van der Waals surface area (Å²) in [5.74, 6) is -1.81. The highest BCUT2D eigenvalue weighted by Crippen LogP contribution is 2.44. The van der Waals surface area contributed by atoms with Crippen LogP contribution in [0.5, 0.6) is 0 Å². The number of fused-ring (bicyclic) bond motifs is 3. The van der Waals surface area contributed by atoms with Crippen LogP contribution in [0, 0.1) is 0 Å². The van der Waals surface area contributed by atoms with E-state index in [1.807, 2.05) is 13.8 Å². The molecule has 1 fully saturated rings. The van der Waals surface area contributed by atoms with Crippen LogP contribution in [0.25, 0.3) is 0 Å². The number of hydrogen-bond donors (Lipinski definition) is 1. The highest BCUT2D eigenvalue weighted by Gasteiger charge is 2.60. The van der Waals surface area contributed by atoms with E-state index in [-0.39, 0.29) is 30.7 Å². The summed E-state index contributed by atoms with van der Waals surface area (Å²) in [6.07, 6.45) is 1.98.